The third kappa shape index (κ3) is 3.69. The van der Waals surface area contributed by atoms with E-state index in [4.69, 9.17) is 9.84 Å². The van der Waals surface area contributed by atoms with Crippen LogP contribution in [-0.2, 0) is 4.74 Å². The summed E-state index contributed by atoms with van der Waals surface area (Å²) in [6, 6.07) is 6.00. The van der Waals surface area contributed by atoms with E-state index in [2.05, 4.69) is 6.58 Å². The van der Waals surface area contributed by atoms with Crippen molar-refractivity contribution < 1.29 is 34.9 Å². The average Bonchev–Trinajstić information content (AvgIpc) is 2.14. The van der Waals surface area contributed by atoms with Crippen molar-refractivity contribution in [2.24, 2.45) is 0 Å². The topological polar surface area (TPSA) is 46.5 Å². The van der Waals surface area contributed by atoms with E-state index in [1.807, 2.05) is 0 Å². The summed E-state index contributed by atoms with van der Waals surface area (Å²) in [4.78, 5) is 11.2. The van der Waals surface area contributed by atoms with Gasteiger partial charge in [-0.2, -0.15) is 0 Å². The molecule has 0 aromatic heterocycles. The fraction of sp³-hybridized carbons (Fsp3) is 0.100. The number of rotatable bonds is 3. The van der Waals surface area contributed by atoms with Crippen LogP contribution in [0.4, 0.5) is 0 Å². The van der Waals surface area contributed by atoms with E-state index in [9.17, 15) is 4.79 Å². The molecular weight excluding hydrogens is 175 g/mol. The fourth-order valence-corrected chi connectivity index (χ4v) is 0.851. The van der Waals surface area contributed by atoms with Gasteiger partial charge in [0.25, 0.3) is 0 Å². The maximum Gasteiger partial charge on any atom is 1.00 e. The predicted molar refractivity (Wildman–Crippen MR) is 49.7 cm³/mol. The van der Waals surface area contributed by atoms with Gasteiger partial charge in [0, 0.05) is 0 Å². The van der Waals surface area contributed by atoms with Crippen molar-refractivity contribution in [3.63, 3.8) is 0 Å². The summed E-state index contributed by atoms with van der Waals surface area (Å²) in [6.45, 7) is 3.59. The number of carbonyl (C=O) groups excluding carboxylic acids is 1. The molecule has 0 aliphatic rings. The Labute approximate surface area is 96.1 Å². The normalized spacial score (nSPS) is 8.57. The van der Waals surface area contributed by atoms with Crippen molar-refractivity contribution in [2.45, 2.75) is 0 Å². The first-order chi connectivity index (χ1) is 6.24. The molecule has 0 aliphatic carbocycles. The minimum absolute atomic E-state index is 0. The first-order valence-electron chi connectivity index (χ1n) is 3.81. The van der Waals surface area contributed by atoms with Gasteiger partial charge in [0.05, 0.1) is 5.56 Å². The molecule has 1 aromatic rings. The molecule has 0 bridgehead atoms. The Kier molecular flexibility index (Phi) is 5.78. The van der Waals surface area contributed by atoms with Gasteiger partial charge in [-0.3, -0.25) is 0 Å². The molecule has 1 N–H and O–H groups in total. The van der Waals surface area contributed by atoms with Crippen LogP contribution < -0.4 is 18.9 Å². The number of ether oxygens (including phenoxy) is 1. The SMILES string of the molecule is C=CCOC(=O)c1cccc(O)c1.[H-].[Li+]. The number of aromatic hydroxyl groups is 1. The second kappa shape index (κ2) is 6.31. The van der Waals surface area contributed by atoms with Crippen molar-refractivity contribution in [1.29, 1.82) is 0 Å². The van der Waals surface area contributed by atoms with Crippen LogP contribution in [0.2, 0.25) is 0 Å². The van der Waals surface area contributed by atoms with Gasteiger partial charge in [0.15, 0.2) is 0 Å². The monoisotopic (exact) mass is 186 g/mol. The van der Waals surface area contributed by atoms with E-state index in [-0.39, 0.29) is 32.6 Å². The zero-order valence-corrected chi connectivity index (χ0v) is 8.06. The van der Waals surface area contributed by atoms with E-state index in [1.54, 1.807) is 12.1 Å². The molecule has 0 saturated carbocycles. The van der Waals surface area contributed by atoms with Crippen LogP contribution in [0.1, 0.15) is 11.8 Å². The van der Waals surface area contributed by atoms with Crippen molar-refractivity contribution in [3.05, 3.63) is 42.5 Å². The van der Waals surface area contributed by atoms with E-state index < -0.39 is 5.97 Å². The van der Waals surface area contributed by atoms with Crippen molar-refractivity contribution in [2.75, 3.05) is 6.61 Å². The van der Waals surface area contributed by atoms with Gasteiger partial charge in [-0.15, -0.1) is 0 Å². The molecule has 3 nitrogen and oxygen atoms in total. The summed E-state index contributed by atoms with van der Waals surface area (Å²) in [5, 5.41) is 9.06. The summed E-state index contributed by atoms with van der Waals surface area (Å²) in [5.41, 5.74) is 0.335. The average molecular weight is 186 g/mol. The molecule has 14 heavy (non-hydrogen) atoms. The molecule has 1 aromatic carbocycles. The Morgan fingerprint density at radius 2 is 2.36 bits per heavy atom. The van der Waals surface area contributed by atoms with E-state index in [0.29, 0.717) is 5.56 Å². The Morgan fingerprint density at radius 3 is 2.93 bits per heavy atom. The molecule has 0 spiro atoms. The third-order valence-electron chi connectivity index (χ3n) is 1.41. The minimum atomic E-state index is -0.462. The molecule has 0 aliphatic heterocycles. The zero-order valence-electron chi connectivity index (χ0n) is 9.06. The molecule has 0 radical (unpaired) electrons. The molecule has 0 saturated heterocycles. The molecule has 0 fully saturated rings. The second-order valence-electron chi connectivity index (χ2n) is 2.44. The molecule has 70 valence electrons. The zero-order chi connectivity index (χ0) is 9.68. The first-order valence-corrected chi connectivity index (χ1v) is 3.81. The summed E-state index contributed by atoms with van der Waals surface area (Å²) in [6.07, 6.45) is 1.49. The summed E-state index contributed by atoms with van der Waals surface area (Å²) < 4.78 is 4.76. The van der Waals surface area contributed by atoms with Gasteiger partial charge in [0.1, 0.15) is 12.4 Å². The van der Waals surface area contributed by atoms with Crippen LogP contribution in [-0.4, -0.2) is 17.7 Å². The minimum Gasteiger partial charge on any atom is -1.00 e. The summed E-state index contributed by atoms with van der Waals surface area (Å²) >= 11 is 0. The van der Waals surface area contributed by atoms with Crippen LogP contribution >= 0.6 is 0 Å². The largest absolute Gasteiger partial charge is 1.00 e. The van der Waals surface area contributed by atoms with Gasteiger partial charge in [0.2, 0.25) is 0 Å². The third-order valence-corrected chi connectivity index (χ3v) is 1.41. The maximum atomic E-state index is 11.2. The number of esters is 1. The number of phenolic OH excluding ortho intramolecular Hbond substituents is 1. The van der Waals surface area contributed by atoms with Crippen LogP contribution in [0.5, 0.6) is 5.75 Å². The van der Waals surface area contributed by atoms with Crippen molar-refractivity contribution in [3.8, 4) is 5.75 Å². The first kappa shape index (κ1) is 12.8. The molecule has 0 heterocycles. The second-order valence-corrected chi connectivity index (χ2v) is 2.44. The molecule has 4 heteroatoms. The number of benzene rings is 1. The number of carbonyl (C=O) groups is 1. The maximum absolute atomic E-state index is 11.2. The van der Waals surface area contributed by atoms with E-state index in [0.717, 1.165) is 0 Å². The Hall–Kier alpha value is -1.17. The summed E-state index contributed by atoms with van der Waals surface area (Å²) in [5.74, 6) is -0.413. The van der Waals surface area contributed by atoms with Crippen molar-refractivity contribution >= 4 is 5.97 Å². The number of hydrogen-bond donors (Lipinski definition) is 1. The van der Waals surface area contributed by atoms with Crippen molar-refractivity contribution in [1.82, 2.24) is 0 Å². The van der Waals surface area contributed by atoms with Crippen LogP contribution in [0.25, 0.3) is 0 Å². The van der Waals surface area contributed by atoms with Gasteiger partial charge in [-0.05, 0) is 18.2 Å². The van der Waals surface area contributed by atoms with Gasteiger partial charge >= 0.3 is 24.8 Å². The van der Waals surface area contributed by atoms with Gasteiger partial charge < -0.3 is 11.3 Å². The molecule has 0 unspecified atom stereocenters. The fourth-order valence-electron chi connectivity index (χ4n) is 0.851. The molecular formula is C10H11LiO3. The van der Waals surface area contributed by atoms with Gasteiger partial charge in [-0.1, -0.05) is 18.7 Å². The standard InChI is InChI=1S/C10H10O3.Li.H/c1-2-6-13-10(12)8-4-3-5-9(11)7-8;;/h2-5,7,11H,1,6H2;;/q;+1;-1. The van der Waals surface area contributed by atoms with Crippen LogP contribution in [0, 0.1) is 0 Å². The molecule has 1 rings (SSSR count). The number of phenols is 1. The molecule has 0 amide bonds. The van der Waals surface area contributed by atoms with Gasteiger partial charge in [-0.25, -0.2) is 4.79 Å². The smallest absolute Gasteiger partial charge is 1.00 e. The Morgan fingerprint density at radius 1 is 1.64 bits per heavy atom. The Balaban J connectivity index is 0. The van der Waals surface area contributed by atoms with E-state index >= 15 is 0 Å². The quantitative estimate of drug-likeness (QED) is 0.368. The Bertz CT molecular complexity index is 328. The molecule has 0 atom stereocenters. The van der Waals surface area contributed by atoms with E-state index in [1.165, 1.54) is 18.2 Å². The van der Waals surface area contributed by atoms with Crippen LogP contribution in [0.3, 0.4) is 0 Å². The summed E-state index contributed by atoms with van der Waals surface area (Å²) in [7, 11) is 0. The predicted octanol–water partition coefficient (Wildman–Crippen LogP) is -1.15. The number of hydrogen-bond acceptors (Lipinski definition) is 3. The van der Waals surface area contributed by atoms with Crippen LogP contribution in [0.15, 0.2) is 36.9 Å².